The van der Waals surface area contributed by atoms with Crippen LogP contribution in [0.5, 0.6) is 0 Å². The van der Waals surface area contributed by atoms with E-state index in [0.29, 0.717) is 10.6 Å². The van der Waals surface area contributed by atoms with Gasteiger partial charge < -0.3 is 0 Å². The molecule has 0 fully saturated rings. The summed E-state index contributed by atoms with van der Waals surface area (Å²) in [6, 6.07) is 12.7. The maximum absolute atomic E-state index is 12.6. The number of aryl methyl sites for hydroxylation is 3. The van der Waals surface area contributed by atoms with Crippen molar-refractivity contribution in [1.29, 1.82) is 0 Å². The molecule has 2 aromatic carbocycles. The van der Waals surface area contributed by atoms with E-state index in [1.807, 2.05) is 45.0 Å². The van der Waals surface area contributed by atoms with E-state index in [9.17, 15) is 8.42 Å². The van der Waals surface area contributed by atoms with Crippen molar-refractivity contribution >= 4 is 15.7 Å². The Hall–Kier alpha value is -1.81. The summed E-state index contributed by atoms with van der Waals surface area (Å²) in [7, 11) is -1.92. The molecular formula is C16H19NO2S. The Morgan fingerprint density at radius 2 is 1.55 bits per heavy atom. The Labute approximate surface area is 120 Å². The zero-order chi connectivity index (χ0) is 14.9. The minimum atomic E-state index is -3.52. The molecule has 20 heavy (non-hydrogen) atoms. The fourth-order valence-corrected chi connectivity index (χ4v) is 3.59. The first-order valence-electron chi connectivity index (χ1n) is 6.45. The number of sulfonamides is 1. The number of rotatable bonds is 3. The van der Waals surface area contributed by atoms with Crippen molar-refractivity contribution in [2.24, 2.45) is 0 Å². The average molecular weight is 289 g/mol. The molecule has 2 rings (SSSR count). The third kappa shape index (κ3) is 2.70. The molecule has 2 aromatic rings. The van der Waals surface area contributed by atoms with Crippen molar-refractivity contribution in [3.05, 3.63) is 59.2 Å². The first-order chi connectivity index (χ1) is 9.32. The van der Waals surface area contributed by atoms with Crippen LogP contribution >= 0.6 is 0 Å². The number of nitrogens with zero attached hydrogens (tertiary/aromatic N) is 1. The maximum Gasteiger partial charge on any atom is 0.264 e. The summed E-state index contributed by atoms with van der Waals surface area (Å²) in [5.74, 6) is 0. The molecule has 0 atom stereocenters. The summed E-state index contributed by atoms with van der Waals surface area (Å²) in [6.45, 7) is 5.80. The second kappa shape index (κ2) is 5.29. The Balaban J connectivity index is 2.49. The molecule has 4 heteroatoms. The maximum atomic E-state index is 12.6. The summed E-state index contributed by atoms with van der Waals surface area (Å²) >= 11 is 0. The Morgan fingerprint density at radius 1 is 0.900 bits per heavy atom. The summed E-state index contributed by atoms with van der Waals surface area (Å²) in [6.07, 6.45) is 0. The van der Waals surface area contributed by atoms with Crippen molar-refractivity contribution in [1.82, 2.24) is 0 Å². The summed E-state index contributed by atoms with van der Waals surface area (Å²) in [4.78, 5) is 0.319. The fraction of sp³-hybridized carbons (Fsp3) is 0.250. The molecule has 106 valence electrons. The molecule has 0 N–H and O–H groups in total. The van der Waals surface area contributed by atoms with Gasteiger partial charge >= 0.3 is 0 Å². The molecule has 0 spiro atoms. The first kappa shape index (κ1) is 14.6. The lowest BCUT2D eigenvalue weighted by Crippen LogP contribution is -2.27. The highest BCUT2D eigenvalue weighted by Gasteiger charge is 2.22. The highest BCUT2D eigenvalue weighted by molar-refractivity contribution is 7.92. The molecule has 0 saturated heterocycles. The summed E-state index contributed by atoms with van der Waals surface area (Å²) < 4.78 is 26.6. The van der Waals surface area contributed by atoms with Gasteiger partial charge in [-0.15, -0.1) is 0 Å². The van der Waals surface area contributed by atoms with Crippen LogP contribution in [0, 0.1) is 20.8 Å². The van der Waals surface area contributed by atoms with Gasteiger partial charge in [-0.05, 0) is 50.1 Å². The van der Waals surface area contributed by atoms with Gasteiger partial charge in [0.05, 0.1) is 10.6 Å². The van der Waals surface area contributed by atoms with E-state index in [0.717, 1.165) is 16.7 Å². The fourth-order valence-electron chi connectivity index (χ4n) is 2.22. The van der Waals surface area contributed by atoms with Crippen LogP contribution in [0.25, 0.3) is 0 Å². The monoisotopic (exact) mass is 289 g/mol. The number of benzene rings is 2. The molecule has 0 aromatic heterocycles. The molecule has 0 radical (unpaired) electrons. The highest BCUT2D eigenvalue weighted by atomic mass is 32.2. The minimum absolute atomic E-state index is 0.319. The van der Waals surface area contributed by atoms with Gasteiger partial charge in [-0.1, -0.05) is 29.8 Å². The second-order valence-corrected chi connectivity index (χ2v) is 7.05. The standard InChI is InChI=1S/C16H19NO2S/c1-12-6-5-7-15(11-12)20(18,19)17(4)16-9-8-13(2)10-14(16)3/h5-11H,1-4H3. The lowest BCUT2D eigenvalue weighted by molar-refractivity contribution is 0.594. The van der Waals surface area contributed by atoms with Crippen LogP contribution in [-0.4, -0.2) is 15.5 Å². The topological polar surface area (TPSA) is 37.4 Å². The first-order valence-corrected chi connectivity index (χ1v) is 7.89. The average Bonchev–Trinajstić information content (AvgIpc) is 2.38. The molecule has 0 heterocycles. The van der Waals surface area contributed by atoms with E-state index in [-0.39, 0.29) is 0 Å². The van der Waals surface area contributed by atoms with Gasteiger partial charge in [0, 0.05) is 7.05 Å². The SMILES string of the molecule is Cc1cccc(S(=O)(=O)N(C)c2ccc(C)cc2C)c1. The highest BCUT2D eigenvalue weighted by Crippen LogP contribution is 2.26. The zero-order valence-electron chi connectivity index (χ0n) is 12.2. The predicted molar refractivity (Wildman–Crippen MR) is 82.7 cm³/mol. The summed E-state index contributed by atoms with van der Waals surface area (Å²) in [5.41, 5.74) is 3.70. The Morgan fingerprint density at radius 3 is 2.15 bits per heavy atom. The predicted octanol–water partition coefficient (Wildman–Crippen LogP) is 3.44. The van der Waals surface area contributed by atoms with Crippen LogP contribution in [-0.2, 0) is 10.0 Å². The van der Waals surface area contributed by atoms with Crippen LogP contribution in [0.4, 0.5) is 5.69 Å². The number of hydrogen-bond donors (Lipinski definition) is 0. The third-order valence-electron chi connectivity index (χ3n) is 3.34. The van der Waals surface area contributed by atoms with Gasteiger partial charge in [0.25, 0.3) is 10.0 Å². The largest absolute Gasteiger partial charge is 0.269 e. The van der Waals surface area contributed by atoms with Crippen molar-refractivity contribution in [2.45, 2.75) is 25.7 Å². The van der Waals surface area contributed by atoms with Crippen LogP contribution in [0.3, 0.4) is 0 Å². The zero-order valence-corrected chi connectivity index (χ0v) is 13.0. The van der Waals surface area contributed by atoms with Crippen molar-refractivity contribution < 1.29 is 8.42 Å². The quantitative estimate of drug-likeness (QED) is 0.868. The van der Waals surface area contributed by atoms with Gasteiger partial charge in [0.1, 0.15) is 0 Å². The molecular weight excluding hydrogens is 270 g/mol. The van der Waals surface area contributed by atoms with Crippen molar-refractivity contribution in [3.63, 3.8) is 0 Å². The molecule has 0 amide bonds. The van der Waals surface area contributed by atoms with E-state index in [2.05, 4.69) is 0 Å². The van der Waals surface area contributed by atoms with Crippen molar-refractivity contribution in [3.8, 4) is 0 Å². The van der Waals surface area contributed by atoms with Gasteiger partial charge in [-0.25, -0.2) is 8.42 Å². The van der Waals surface area contributed by atoms with Crippen LogP contribution < -0.4 is 4.31 Å². The lowest BCUT2D eigenvalue weighted by atomic mass is 10.1. The van der Waals surface area contributed by atoms with Crippen LogP contribution in [0.1, 0.15) is 16.7 Å². The normalized spacial score (nSPS) is 11.4. The van der Waals surface area contributed by atoms with Gasteiger partial charge in [-0.2, -0.15) is 0 Å². The van der Waals surface area contributed by atoms with Gasteiger partial charge in [0.15, 0.2) is 0 Å². The molecule has 0 aliphatic carbocycles. The van der Waals surface area contributed by atoms with Crippen LogP contribution in [0.15, 0.2) is 47.4 Å². The minimum Gasteiger partial charge on any atom is -0.269 e. The van der Waals surface area contributed by atoms with Crippen molar-refractivity contribution in [2.75, 3.05) is 11.4 Å². The van der Waals surface area contributed by atoms with E-state index >= 15 is 0 Å². The molecule has 0 unspecified atom stereocenters. The van der Waals surface area contributed by atoms with E-state index in [1.54, 1.807) is 25.2 Å². The molecule has 3 nitrogen and oxygen atoms in total. The van der Waals surface area contributed by atoms with Gasteiger partial charge in [-0.3, -0.25) is 4.31 Å². The van der Waals surface area contributed by atoms with E-state index < -0.39 is 10.0 Å². The van der Waals surface area contributed by atoms with E-state index in [4.69, 9.17) is 0 Å². The Kier molecular flexibility index (Phi) is 3.86. The lowest BCUT2D eigenvalue weighted by Gasteiger charge is -2.22. The smallest absolute Gasteiger partial charge is 0.264 e. The van der Waals surface area contributed by atoms with E-state index in [1.165, 1.54) is 4.31 Å². The second-order valence-electron chi connectivity index (χ2n) is 5.08. The molecule has 0 bridgehead atoms. The van der Waals surface area contributed by atoms with Crippen LogP contribution in [0.2, 0.25) is 0 Å². The number of hydrogen-bond acceptors (Lipinski definition) is 2. The Bertz CT molecular complexity index is 736. The summed E-state index contributed by atoms with van der Waals surface area (Å²) in [5, 5.41) is 0. The number of anilines is 1. The third-order valence-corrected chi connectivity index (χ3v) is 5.11. The molecule has 0 aliphatic heterocycles. The molecule has 0 saturated carbocycles. The van der Waals surface area contributed by atoms with Gasteiger partial charge in [0.2, 0.25) is 0 Å². The molecule has 0 aliphatic rings.